The largest absolute Gasteiger partial charge is 0.396 e. The van der Waals surface area contributed by atoms with Crippen molar-refractivity contribution in [3.63, 3.8) is 0 Å². The van der Waals surface area contributed by atoms with Gasteiger partial charge in [-0.15, -0.1) is 0 Å². The molecule has 1 aromatic rings. The van der Waals surface area contributed by atoms with Crippen molar-refractivity contribution < 1.29 is 13.5 Å². The quantitative estimate of drug-likeness (QED) is 0.785. The first-order valence-electron chi connectivity index (χ1n) is 6.97. The van der Waals surface area contributed by atoms with Crippen LogP contribution in [0.2, 0.25) is 0 Å². The van der Waals surface area contributed by atoms with Gasteiger partial charge in [-0.25, -0.2) is 12.7 Å². The molecular formula is C13H25N3O3S. The van der Waals surface area contributed by atoms with E-state index < -0.39 is 10.0 Å². The summed E-state index contributed by atoms with van der Waals surface area (Å²) in [6.45, 7) is 6.61. The maximum Gasteiger partial charge on any atom is 0.246 e. The van der Waals surface area contributed by atoms with Crippen molar-refractivity contribution >= 4 is 10.0 Å². The fourth-order valence-corrected chi connectivity index (χ4v) is 3.72. The minimum atomic E-state index is -3.49. The Kier molecular flexibility index (Phi) is 6.16. The highest BCUT2D eigenvalue weighted by Gasteiger charge is 2.28. The van der Waals surface area contributed by atoms with Crippen LogP contribution < -0.4 is 0 Å². The molecule has 0 amide bonds. The molecule has 6 nitrogen and oxygen atoms in total. The highest BCUT2D eigenvalue weighted by molar-refractivity contribution is 7.89. The molecule has 0 saturated heterocycles. The van der Waals surface area contributed by atoms with Gasteiger partial charge in [0.15, 0.2) is 0 Å². The highest BCUT2D eigenvalue weighted by Crippen LogP contribution is 2.23. The predicted molar refractivity (Wildman–Crippen MR) is 78.1 cm³/mol. The second-order valence-electron chi connectivity index (χ2n) is 4.98. The maximum atomic E-state index is 12.6. The van der Waals surface area contributed by atoms with Crippen LogP contribution in [0, 0.1) is 13.8 Å². The molecule has 1 rings (SSSR count). The van der Waals surface area contributed by atoms with Gasteiger partial charge in [-0.1, -0.05) is 13.3 Å². The average molecular weight is 303 g/mol. The van der Waals surface area contributed by atoms with Crippen molar-refractivity contribution in [1.82, 2.24) is 14.1 Å². The fourth-order valence-electron chi connectivity index (χ4n) is 2.15. The summed E-state index contributed by atoms with van der Waals surface area (Å²) in [7, 11) is -1.88. The number of aliphatic hydroxyl groups is 1. The number of hydrogen-bond donors (Lipinski definition) is 1. The first-order valence-corrected chi connectivity index (χ1v) is 8.41. The molecule has 0 aliphatic carbocycles. The third kappa shape index (κ3) is 3.59. The van der Waals surface area contributed by atoms with Crippen molar-refractivity contribution in [3.05, 3.63) is 11.4 Å². The second-order valence-corrected chi connectivity index (χ2v) is 6.96. The van der Waals surface area contributed by atoms with E-state index in [1.165, 1.54) is 4.31 Å². The molecule has 7 heteroatoms. The van der Waals surface area contributed by atoms with Crippen LogP contribution in [-0.4, -0.2) is 47.8 Å². The SMILES string of the molecule is CCCCN(C)S(=O)(=O)c1c(C)nn(CCCO)c1C. The van der Waals surface area contributed by atoms with Crippen molar-refractivity contribution in [2.24, 2.45) is 0 Å². The molecule has 0 aliphatic heterocycles. The van der Waals surface area contributed by atoms with Gasteiger partial charge in [0.25, 0.3) is 0 Å². The fraction of sp³-hybridized carbons (Fsp3) is 0.769. The van der Waals surface area contributed by atoms with Crippen molar-refractivity contribution in [1.29, 1.82) is 0 Å². The Balaban J connectivity index is 3.09. The molecule has 1 aromatic heterocycles. The number of sulfonamides is 1. The molecule has 0 saturated carbocycles. The van der Waals surface area contributed by atoms with Crippen LogP contribution in [0.5, 0.6) is 0 Å². The molecule has 0 atom stereocenters. The van der Waals surface area contributed by atoms with E-state index in [9.17, 15) is 8.42 Å². The van der Waals surface area contributed by atoms with E-state index in [0.717, 1.165) is 12.8 Å². The van der Waals surface area contributed by atoms with Gasteiger partial charge in [-0.05, 0) is 26.7 Å². The Morgan fingerprint density at radius 1 is 1.30 bits per heavy atom. The van der Waals surface area contributed by atoms with Gasteiger partial charge in [-0.2, -0.15) is 5.10 Å². The van der Waals surface area contributed by atoms with E-state index in [2.05, 4.69) is 5.10 Å². The number of nitrogens with zero attached hydrogens (tertiary/aromatic N) is 3. The molecular weight excluding hydrogens is 278 g/mol. The number of aliphatic hydroxyl groups excluding tert-OH is 1. The van der Waals surface area contributed by atoms with Crippen LogP contribution in [-0.2, 0) is 16.6 Å². The summed E-state index contributed by atoms with van der Waals surface area (Å²) in [5.74, 6) is 0. The lowest BCUT2D eigenvalue weighted by molar-refractivity contribution is 0.276. The van der Waals surface area contributed by atoms with E-state index >= 15 is 0 Å². The van der Waals surface area contributed by atoms with E-state index in [1.54, 1.807) is 25.6 Å². The van der Waals surface area contributed by atoms with Crippen molar-refractivity contribution in [2.75, 3.05) is 20.2 Å². The average Bonchev–Trinajstić information content (AvgIpc) is 2.68. The zero-order chi connectivity index (χ0) is 15.3. The maximum absolute atomic E-state index is 12.6. The molecule has 0 unspecified atom stereocenters. The molecule has 0 spiro atoms. The van der Waals surface area contributed by atoms with Gasteiger partial charge in [0.2, 0.25) is 10.0 Å². The molecule has 1 N–H and O–H groups in total. The predicted octanol–water partition coefficient (Wildman–Crippen LogP) is 1.30. The first-order chi connectivity index (χ1) is 9.36. The second kappa shape index (κ2) is 7.19. The summed E-state index contributed by atoms with van der Waals surface area (Å²) < 4.78 is 28.2. The van der Waals surface area contributed by atoms with E-state index in [0.29, 0.717) is 35.8 Å². The molecule has 0 aliphatic rings. The summed E-state index contributed by atoms with van der Waals surface area (Å²) in [5, 5.41) is 13.1. The van der Waals surface area contributed by atoms with Gasteiger partial charge in [-0.3, -0.25) is 4.68 Å². The summed E-state index contributed by atoms with van der Waals surface area (Å²) in [6, 6.07) is 0. The Bertz CT molecular complexity index is 537. The molecule has 0 bridgehead atoms. The zero-order valence-corrected chi connectivity index (χ0v) is 13.6. The summed E-state index contributed by atoms with van der Waals surface area (Å²) in [5.41, 5.74) is 1.16. The zero-order valence-electron chi connectivity index (χ0n) is 12.8. The Labute approximate surface area is 121 Å². The standard InChI is InChI=1S/C13H25N3O3S/c1-5-6-8-15(4)20(18,19)13-11(2)14-16(12(13)3)9-7-10-17/h17H,5-10H2,1-4H3. The summed E-state index contributed by atoms with van der Waals surface area (Å²) in [4.78, 5) is 0.300. The molecule has 116 valence electrons. The Morgan fingerprint density at radius 2 is 1.95 bits per heavy atom. The van der Waals surface area contributed by atoms with Crippen LogP contribution in [0.4, 0.5) is 0 Å². The lowest BCUT2D eigenvalue weighted by Crippen LogP contribution is -2.28. The van der Waals surface area contributed by atoms with Crippen LogP contribution >= 0.6 is 0 Å². The normalized spacial score (nSPS) is 12.3. The Morgan fingerprint density at radius 3 is 2.50 bits per heavy atom. The lowest BCUT2D eigenvalue weighted by atomic mass is 10.3. The van der Waals surface area contributed by atoms with Crippen LogP contribution in [0.15, 0.2) is 4.90 Å². The number of rotatable bonds is 8. The van der Waals surface area contributed by atoms with Crippen molar-refractivity contribution in [2.45, 2.75) is 51.5 Å². The van der Waals surface area contributed by atoms with E-state index in [-0.39, 0.29) is 6.61 Å². The van der Waals surface area contributed by atoms with Gasteiger partial charge in [0.05, 0.1) is 11.4 Å². The van der Waals surface area contributed by atoms with E-state index in [1.807, 2.05) is 6.92 Å². The molecule has 1 heterocycles. The topological polar surface area (TPSA) is 75.4 Å². The molecule has 0 aromatic carbocycles. The van der Waals surface area contributed by atoms with Crippen molar-refractivity contribution in [3.8, 4) is 0 Å². The van der Waals surface area contributed by atoms with Gasteiger partial charge in [0, 0.05) is 26.7 Å². The van der Waals surface area contributed by atoms with Crippen LogP contribution in [0.1, 0.15) is 37.6 Å². The minimum absolute atomic E-state index is 0.0663. The molecule has 0 fully saturated rings. The van der Waals surface area contributed by atoms with Crippen LogP contribution in [0.25, 0.3) is 0 Å². The number of aromatic nitrogens is 2. The highest BCUT2D eigenvalue weighted by atomic mass is 32.2. The van der Waals surface area contributed by atoms with E-state index in [4.69, 9.17) is 5.11 Å². The third-order valence-electron chi connectivity index (χ3n) is 3.34. The third-order valence-corrected chi connectivity index (χ3v) is 5.45. The lowest BCUT2D eigenvalue weighted by Gasteiger charge is -2.17. The summed E-state index contributed by atoms with van der Waals surface area (Å²) >= 11 is 0. The van der Waals surface area contributed by atoms with Gasteiger partial charge >= 0.3 is 0 Å². The summed E-state index contributed by atoms with van der Waals surface area (Å²) in [6.07, 6.45) is 2.35. The smallest absolute Gasteiger partial charge is 0.246 e. The number of aryl methyl sites for hydroxylation is 2. The number of unbranched alkanes of at least 4 members (excludes halogenated alkanes) is 1. The minimum Gasteiger partial charge on any atom is -0.396 e. The number of hydrogen-bond acceptors (Lipinski definition) is 4. The molecule has 20 heavy (non-hydrogen) atoms. The molecule has 0 radical (unpaired) electrons. The van der Waals surface area contributed by atoms with Gasteiger partial charge < -0.3 is 5.11 Å². The first kappa shape index (κ1) is 17.1. The monoisotopic (exact) mass is 303 g/mol. The van der Waals surface area contributed by atoms with Gasteiger partial charge in [0.1, 0.15) is 4.90 Å². The van der Waals surface area contributed by atoms with Crippen LogP contribution in [0.3, 0.4) is 0 Å². The Hall–Kier alpha value is -0.920.